The predicted octanol–water partition coefficient (Wildman–Crippen LogP) is 3.07. The SMILES string of the molecule is NC(=O)C1CC(C(=O)Nc2ccc(Oc3ccncc3)cc2)=NN1c1ccc(F)cc1. The molecule has 0 spiro atoms. The first kappa shape index (κ1) is 20.0. The lowest BCUT2D eigenvalue weighted by Gasteiger charge is -2.20. The van der Waals surface area contributed by atoms with Crippen molar-refractivity contribution >= 4 is 28.9 Å². The second-order valence-corrected chi connectivity index (χ2v) is 6.75. The third-order valence-electron chi connectivity index (χ3n) is 4.59. The van der Waals surface area contributed by atoms with Gasteiger partial charge in [-0.3, -0.25) is 19.6 Å². The molecule has 0 saturated carbocycles. The number of anilines is 2. The van der Waals surface area contributed by atoms with Gasteiger partial charge >= 0.3 is 0 Å². The largest absolute Gasteiger partial charge is 0.457 e. The molecule has 2 amide bonds. The van der Waals surface area contributed by atoms with E-state index in [-0.39, 0.29) is 12.1 Å². The van der Waals surface area contributed by atoms with E-state index < -0.39 is 23.7 Å². The van der Waals surface area contributed by atoms with E-state index in [1.54, 1.807) is 48.8 Å². The summed E-state index contributed by atoms with van der Waals surface area (Å²) in [4.78, 5) is 28.4. The van der Waals surface area contributed by atoms with E-state index >= 15 is 0 Å². The second-order valence-electron chi connectivity index (χ2n) is 6.75. The Balaban J connectivity index is 1.45. The van der Waals surface area contributed by atoms with Gasteiger partial charge in [0.05, 0.1) is 5.69 Å². The molecule has 1 aromatic heterocycles. The molecule has 2 aromatic carbocycles. The Morgan fingerprint density at radius 3 is 2.29 bits per heavy atom. The molecule has 0 fully saturated rings. The minimum Gasteiger partial charge on any atom is -0.457 e. The first-order valence-electron chi connectivity index (χ1n) is 9.40. The number of rotatable bonds is 6. The molecule has 3 N–H and O–H groups in total. The minimum absolute atomic E-state index is 0.0434. The zero-order valence-corrected chi connectivity index (χ0v) is 16.2. The molecule has 0 bridgehead atoms. The first-order chi connectivity index (χ1) is 15.0. The van der Waals surface area contributed by atoms with E-state index in [9.17, 15) is 14.0 Å². The van der Waals surface area contributed by atoms with Crippen molar-refractivity contribution in [3.63, 3.8) is 0 Å². The van der Waals surface area contributed by atoms with E-state index in [1.807, 2.05) is 0 Å². The van der Waals surface area contributed by atoms with Crippen molar-refractivity contribution < 1.29 is 18.7 Å². The van der Waals surface area contributed by atoms with Gasteiger partial charge in [0.25, 0.3) is 5.91 Å². The summed E-state index contributed by atoms with van der Waals surface area (Å²) in [6, 6.07) is 14.9. The van der Waals surface area contributed by atoms with Gasteiger partial charge in [0.15, 0.2) is 0 Å². The summed E-state index contributed by atoms with van der Waals surface area (Å²) in [6.45, 7) is 0. The average Bonchev–Trinajstić information content (AvgIpc) is 3.22. The van der Waals surface area contributed by atoms with Gasteiger partial charge in [-0.2, -0.15) is 5.10 Å². The van der Waals surface area contributed by atoms with E-state index in [1.165, 1.54) is 29.3 Å². The van der Waals surface area contributed by atoms with Crippen LogP contribution in [0.25, 0.3) is 0 Å². The number of halogens is 1. The van der Waals surface area contributed by atoms with Crippen molar-refractivity contribution in [1.29, 1.82) is 0 Å². The van der Waals surface area contributed by atoms with Gasteiger partial charge in [-0.1, -0.05) is 0 Å². The standard InChI is InChI=1S/C22H18FN5O3/c23-14-1-5-16(6-2-14)28-20(21(24)29)13-19(27-28)22(30)26-15-3-7-17(8-4-15)31-18-9-11-25-12-10-18/h1-12,20H,13H2,(H2,24,29)(H,26,30). The maximum absolute atomic E-state index is 13.2. The van der Waals surface area contributed by atoms with Gasteiger partial charge in [-0.25, -0.2) is 4.39 Å². The molecule has 8 nitrogen and oxygen atoms in total. The Bertz CT molecular complexity index is 1120. The fourth-order valence-corrected chi connectivity index (χ4v) is 3.05. The normalized spacial score (nSPS) is 15.3. The van der Waals surface area contributed by atoms with Crippen molar-refractivity contribution in [3.05, 3.63) is 78.9 Å². The van der Waals surface area contributed by atoms with E-state index in [4.69, 9.17) is 10.5 Å². The summed E-state index contributed by atoms with van der Waals surface area (Å²) in [6.07, 6.45) is 3.30. The van der Waals surface area contributed by atoms with Crippen molar-refractivity contribution in [2.45, 2.75) is 12.5 Å². The molecule has 1 aliphatic rings. The van der Waals surface area contributed by atoms with Crippen LogP contribution in [-0.4, -0.2) is 28.6 Å². The number of hydrazone groups is 1. The summed E-state index contributed by atoms with van der Waals surface area (Å²) in [5, 5.41) is 8.32. The lowest BCUT2D eigenvalue weighted by molar-refractivity contribution is -0.119. The third kappa shape index (κ3) is 4.67. The van der Waals surface area contributed by atoms with Crippen LogP contribution >= 0.6 is 0 Å². The number of benzene rings is 2. The van der Waals surface area contributed by atoms with Crippen LogP contribution in [0.5, 0.6) is 11.5 Å². The van der Waals surface area contributed by atoms with Crippen molar-refractivity contribution in [2.24, 2.45) is 10.8 Å². The molecule has 0 radical (unpaired) electrons. The van der Waals surface area contributed by atoms with Crippen LogP contribution in [0, 0.1) is 5.82 Å². The van der Waals surface area contributed by atoms with Gasteiger partial charge in [0.2, 0.25) is 5.91 Å². The molecule has 1 unspecified atom stereocenters. The summed E-state index contributed by atoms with van der Waals surface area (Å²) in [5.41, 5.74) is 6.61. The Kier molecular flexibility index (Phi) is 5.57. The Hall–Kier alpha value is -4.27. The number of pyridine rings is 1. The van der Waals surface area contributed by atoms with Gasteiger partial charge < -0.3 is 15.8 Å². The number of nitrogens with one attached hydrogen (secondary N) is 1. The summed E-state index contributed by atoms with van der Waals surface area (Å²) >= 11 is 0. The van der Waals surface area contributed by atoms with Crippen LogP contribution in [0.3, 0.4) is 0 Å². The van der Waals surface area contributed by atoms with Crippen LogP contribution in [0.1, 0.15) is 6.42 Å². The number of ether oxygens (including phenoxy) is 1. The van der Waals surface area contributed by atoms with E-state index in [2.05, 4.69) is 15.4 Å². The molecule has 3 aromatic rings. The zero-order valence-electron chi connectivity index (χ0n) is 16.2. The Labute approximate surface area is 177 Å². The molecule has 1 atom stereocenters. The number of nitrogens with two attached hydrogens (primary N) is 1. The maximum Gasteiger partial charge on any atom is 0.271 e. The highest BCUT2D eigenvalue weighted by molar-refractivity contribution is 6.44. The lowest BCUT2D eigenvalue weighted by Crippen LogP contribution is -2.39. The molecule has 9 heteroatoms. The van der Waals surface area contributed by atoms with Crippen LogP contribution in [0.15, 0.2) is 78.2 Å². The molecule has 0 aliphatic carbocycles. The molecule has 31 heavy (non-hydrogen) atoms. The number of hydrogen-bond donors (Lipinski definition) is 2. The predicted molar refractivity (Wildman–Crippen MR) is 113 cm³/mol. The Morgan fingerprint density at radius 1 is 1.00 bits per heavy atom. The van der Waals surface area contributed by atoms with Gasteiger partial charge in [-0.15, -0.1) is 0 Å². The fraction of sp³-hybridized carbons (Fsp3) is 0.0909. The van der Waals surface area contributed by atoms with Crippen molar-refractivity contribution in [3.8, 4) is 11.5 Å². The quantitative estimate of drug-likeness (QED) is 0.638. The zero-order chi connectivity index (χ0) is 21.8. The monoisotopic (exact) mass is 419 g/mol. The maximum atomic E-state index is 13.2. The van der Waals surface area contributed by atoms with Crippen molar-refractivity contribution in [1.82, 2.24) is 4.98 Å². The summed E-state index contributed by atoms with van der Waals surface area (Å²) < 4.78 is 18.9. The fourth-order valence-electron chi connectivity index (χ4n) is 3.05. The van der Waals surface area contributed by atoms with Crippen LogP contribution < -0.4 is 20.8 Å². The van der Waals surface area contributed by atoms with E-state index in [0.29, 0.717) is 22.9 Å². The first-order valence-corrected chi connectivity index (χ1v) is 9.40. The van der Waals surface area contributed by atoms with E-state index in [0.717, 1.165) is 0 Å². The topological polar surface area (TPSA) is 110 Å². The second kappa shape index (κ2) is 8.62. The van der Waals surface area contributed by atoms with Crippen LogP contribution in [0.2, 0.25) is 0 Å². The van der Waals surface area contributed by atoms with Gasteiger partial charge in [0.1, 0.15) is 29.1 Å². The number of amides is 2. The highest BCUT2D eigenvalue weighted by atomic mass is 19.1. The molecule has 0 saturated heterocycles. The Morgan fingerprint density at radius 2 is 1.65 bits per heavy atom. The molecular weight excluding hydrogens is 401 g/mol. The number of nitrogens with zero attached hydrogens (tertiary/aromatic N) is 3. The summed E-state index contributed by atoms with van der Waals surface area (Å²) in [5.74, 6) is -0.270. The molecule has 1 aliphatic heterocycles. The lowest BCUT2D eigenvalue weighted by atomic mass is 10.1. The van der Waals surface area contributed by atoms with Gasteiger partial charge in [0, 0.05) is 24.5 Å². The van der Waals surface area contributed by atoms with Crippen molar-refractivity contribution in [2.75, 3.05) is 10.3 Å². The average molecular weight is 419 g/mol. The number of carbonyl (C=O) groups is 2. The summed E-state index contributed by atoms with van der Waals surface area (Å²) in [7, 11) is 0. The third-order valence-corrected chi connectivity index (χ3v) is 4.59. The molecule has 156 valence electrons. The minimum atomic E-state index is -0.831. The highest BCUT2D eigenvalue weighted by Crippen LogP contribution is 2.26. The highest BCUT2D eigenvalue weighted by Gasteiger charge is 2.35. The number of aromatic nitrogens is 1. The number of hydrogen-bond acceptors (Lipinski definition) is 6. The van der Waals surface area contributed by atoms with Gasteiger partial charge in [-0.05, 0) is 60.7 Å². The van der Waals surface area contributed by atoms with Crippen LogP contribution in [-0.2, 0) is 9.59 Å². The molecular formula is C22H18FN5O3. The molecule has 2 heterocycles. The van der Waals surface area contributed by atoms with Crippen LogP contribution in [0.4, 0.5) is 15.8 Å². The number of carbonyl (C=O) groups excluding carboxylic acids is 2. The smallest absolute Gasteiger partial charge is 0.271 e. The molecule has 4 rings (SSSR count). The number of primary amides is 1.